The number of fused-ring (bicyclic) bond motifs is 3. The molecular weight excluding hydrogens is 925 g/mol. The number of rotatable bonds is 6. The van der Waals surface area contributed by atoms with Crippen molar-refractivity contribution in [2.45, 2.75) is 24.1 Å². The van der Waals surface area contributed by atoms with Gasteiger partial charge in [-0.3, -0.25) is 0 Å². The molecule has 0 aliphatic heterocycles. The molecule has 0 saturated heterocycles. The summed E-state index contributed by atoms with van der Waals surface area (Å²) >= 11 is -0.0963. The third kappa shape index (κ3) is 8.49. The van der Waals surface area contributed by atoms with Crippen LogP contribution in [0.1, 0.15) is 9.68 Å². The van der Waals surface area contributed by atoms with Gasteiger partial charge in [-0.2, -0.15) is 11.3 Å². The fourth-order valence-corrected chi connectivity index (χ4v) is 10.0. The van der Waals surface area contributed by atoms with Crippen molar-refractivity contribution in [2.75, 3.05) is 0 Å². The van der Waals surface area contributed by atoms with Crippen LogP contribution in [0.2, 0.25) is 17.3 Å². The first kappa shape index (κ1) is 34.5. The summed E-state index contributed by atoms with van der Waals surface area (Å²) in [5.74, 6) is 7.16. The molecule has 0 aliphatic rings. The van der Waals surface area contributed by atoms with Gasteiger partial charge < -0.3 is 4.98 Å². The molecule has 0 unspecified atom stereocenters. The van der Waals surface area contributed by atoms with Gasteiger partial charge in [-0.05, 0) is 51.0 Å². The molecule has 0 N–H and O–H groups in total. The van der Waals surface area contributed by atoms with Gasteiger partial charge in [0.05, 0.1) is 0 Å². The number of benzene rings is 6. The third-order valence-electron chi connectivity index (χ3n) is 9.60. The zero-order valence-electron chi connectivity index (χ0n) is 33.8. The van der Waals surface area contributed by atoms with Gasteiger partial charge in [-0.15, -0.1) is 23.8 Å². The molecule has 0 bridgehead atoms. The van der Waals surface area contributed by atoms with E-state index >= 15 is 0 Å². The predicted octanol–water partition coefficient (Wildman–Crippen LogP) is 13.3. The molecule has 55 heavy (non-hydrogen) atoms. The predicted molar refractivity (Wildman–Crippen MR) is 234 cm³/mol. The first-order valence-electron chi connectivity index (χ1n) is 19.6. The van der Waals surface area contributed by atoms with E-state index in [0.717, 1.165) is 32.5 Å². The Morgan fingerprint density at radius 2 is 1.20 bits per heavy atom. The summed E-state index contributed by atoms with van der Waals surface area (Å²) in [6, 6.07) is 59.8. The molecule has 3 aromatic heterocycles. The molecule has 0 fully saturated rings. The number of aromatic nitrogens is 2. The summed E-state index contributed by atoms with van der Waals surface area (Å²) < 4.78 is 28.2. The van der Waals surface area contributed by atoms with E-state index in [-0.39, 0.29) is 20.1 Å². The van der Waals surface area contributed by atoms with Crippen LogP contribution in [0.15, 0.2) is 170 Å². The maximum absolute atomic E-state index is 8.18. The van der Waals surface area contributed by atoms with Gasteiger partial charge in [-0.1, -0.05) is 84.2 Å². The zero-order valence-corrected chi connectivity index (χ0v) is 36.1. The van der Waals surface area contributed by atoms with Crippen LogP contribution in [0.25, 0.3) is 76.1 Å². The van der Waals surface area contributed by atoms with Crippen molar-refractivity contribution >= 4 is 49.2 Å². The number of pyridine rings is 2. The van der Waals surface area contributed by atoms with Gasteiger partial charge in [0.2, 0.25) is 0 Å². The number of hydrogen-bond acceptors (Lipinski definition) is 3. The fourth-order valence-electron chi connectivity index (χ4n) is 6.60. The number of thiophene rings is 1. The van der Waals surface area contributed by atoms with Crippen LogP contribution in [-0.4, -0.2) is 23.2 Å². The van der Waals surface area contributed by atoms with Crippen molar-refractivity contribution in [2.24, 2.45) is 0 Å². The monoisotopic (exact) mass is 970 g/mol. The molecule has 2 nitrogen and oxygen atoms in total. The van der Waals surface area contributed by atoms with Crippen LogP contribution in [0.4, 0.5) is 0 Å². The third-order valence-corrected chi connectivity index (χ3v) is 15.0. The van der Waals surface area contributed by atoms with E-state index < -0.39 is 20.1 Å². The Morgan fingerprint density at radius 3 is 1.84 bits per heavy atom. The van der Waals surface area contributed by atoms with E-state index in [1.54, 1.807) is 23.6 Å². The first-order valence-corrected chi connectivity index (χ1v) is 26.2. The fraction of sp³-hybridized carbons (Fsp3) is 0.0800. The largest absolute Gasteiger partial charge is 0 e. The van der Waals surface area contributed by atoms with Gasteiger partial charge in [0.25, 0.3) is 0 Å². The van der Waals surface area contributed by atoms with Crippen molar-refractivity contribution in [3.8, 4) is 55.9 Å². The average molecular weight is 969 g/mol. The van der Waals surface area contributed by atoms with Crippen molar-refractivity contribution in [1.29, 1.82) is 0 Å². The Labute approximate surface area is 348 Å². The molecule has 0 spiro atoms. The quantitative estimate of drug-likeness (QED) is 0.123. The van der Waals surface area contributed by atoms with Gasteiger partial charge in [0, 0.05) is 40.7 Å². The van der Waals surface area contributed by atoms with Gasteiger partial charge >= 0.3 is 135 Å². The molecule has 5 heteroatoms. The Hall–Kier alpha value is -4.97. The second-order valence-corrected chi connectivity index (χ2v) is 26.0. The molecule has 1 radical (unpaired) electrons. The molecule has 0 aliphatic carbocycles. The molecule has 0 saturated carbocycles. The number of aryl methyl sites for hydroxylation is 1. The van der Waals surface area contributed by atoms with Crippen LogP contribution in [0.5, 0.6) is 0 Å². The topological polar surface area (TPSA) is 25.8 Å². The normalized spacial score (nSPS) is 12.2. The van der Waals surface area contributed by atoms with Crippen molar-refractivity contribution in [1.82, 2.24) is 9.97 Å². The zero-order chi connectivity index (χ0) is 39.6. The van der Waals surface area contributed by atoms with Crippen LogP contribution >= 0.6 is 11.3 Å². The second kappa shape index (κ2) is 16.8. The van der Waals surface area contributed by atoms with Crippen molar-refractivity contribution < 1.29 is 24.2 Å². The van der Waals surface area contributed by atoms with Crippen molar-refractivity contribution in [3.05, 3.63) is 188 Å². The second-order valence-electron chi connectivity index (χ2n) is 14.3. The van der Waals surface area contributed by atoms with Crippen LogP contribution < -0.4 is 4.40 Å². The summed E-state index contributed by atoms with van der Waals surface area (Å²) in [6.07, 6.45) is 3.73. The van der Waals surface area contributed by atoms with Crippen LogP contribution in [-0.2, 0) is 20.1 Å². The Morgan fingerprint density at radius 1 is 0.564 bits per heavy atom. The van der Waals surface area contributed by atoms with E-state index in [1.165, 1.54) is 36.7 Å². The van der Waals surface area contributed by atoms with E-state index in [9.17, 15) is 0 Å². The van der Waals surface area contributed by atoms with E-state index in [2.05, 4.69) is 126 Å². The van der Waals surface area contributed by atoms with Gasteiger partial charge in [0.15, 0.2) is 0 Å². The molecule has 0 atom stereocenters. The first-order chi connectivity index (χ1) is 27.5. The summed E-state index contributed by atoms with van der Waals surface area (Å²) in [7, 11) is 0. The number of hydrogen-bond donors (Lipinski definition) is 0. The summed E-state index contributed by atoms with van der Waals surface area (Å²) in [5.41, 5.74) is 10.0. The maximum Gasteiger partial charge on any atom is 0 e. The van der Waals surface area contributed by atoms with Crippen LogP contribution in [0, 0.1) is 19.0 Å². The Kier molecular flexibility index (Phi) is 10.5. The standard InChI is InChI=1S/C30H20NS.C20H20GeN.Ir/c1-20-17-28(31-19-27(20)22-11-6-3-7-12-22)26-14-8-13-25-24-16-15-23(18-29(24)32-30(25)26)21-9-4-2-5-10-21;1-21(2,3)19-12-13-20(22-15-19)18-11-7-10-17(14-18)16-8-5-4-6-9-16;/h2-13,15-19H,1H3;4-10,12-15H,1-3H3;/q2*-1;/i1D3;;. The van der Waals surface area contributed by atoms with Crippen LogP contribution in [0.3, 0.4) is 0 Å². The summed E-state index contributed by atoms with van der Waals surface area (Å²) in [5, 5.41) is 2.31. The van der Waals surface area contributed by atoms with E-state index in [0.29, 0.717) is 16.8 Å². The van der Waals surface area contributed by atoms with Gasteiger partial charge in [0.1, 0.15) is 0 Å². The smallest absolute Gasteiger partial charge is 0 e. The molecule has 0 amide bonds. The SMILES string of the molecule is [2H]C([2H])([2H])c1cc(-c2[c-]ccc3c2sc2cc(-c4ccccc4)ccc23)ncc1-c1ccccc1.[CH3][Ge]([CH3])([CH3])[c]1ccc(-c2[c-]ccc(-c3ccccc3)c2)nc1.[Ir]. The molecule has 6 aromatic carbocycles. The van der Waals surface area contributed by atoms with Crippen molar-refractivity contribution in [3.63, 3.8) is 0 Å². The minimum Gasteiger partial charge on any atom is 0 e. The molecule has 9 aromatic rings. The molecule has 3 heterocycles. The average Bonchev–Trinajstić information content (AvgIpc) is 3.62. The van der Waals surface area contributed by atoms with E-state index in [1.807, 2.05) is 66.7 Å². The minimum atomic E-state index is -2.26. The van der Waals surface area contributed by atoms with Gasteiger partial charge in [-0.25, -0.2) is 0 Å². The van der Waals surface area contributed by atoms with E-state index in [4.69, 9.17) is 9.10 Å². The Balaban J connectivity index is 0.000000192. The maximum atomic E-state index is 8.18. The molecular formula is C50H40GeIrN2S-2. The number of nitrogens with zero attached hydrogens (tertiary/aromatic N) is 2. The molecule has 271 valence electrons. The minimum absolute atomic E-state index is 0. The Bertz CT molecular complexity index is 2800. The summed E-state index contributed by atoms with van der Waals surface area (Å²) in [4.78, 5) is 9.38. The summed E-state index contributed by atoms with van der Waals surface area (Å²) in [6.45, 7) is -2.26. The molecule has 9 rings (SSSR count).